The summed E-state index contributed by atoms with van der Waals surface area (Å²) in [6.07, 6.45) is 64.5. The lowest BCUT2D eigenvalue weighted by molar-refractivity contribution is -0.870. The summed E-state index contributed by atoms with van der Waals surface area (Å²) in [5.41, 5.74) is 0. The minimum Gasteiger partial charge on any atom is -0.756 e. The van der Waals surface area contributed by atoms with Crippen LogP contribution in [0.25, 0.3) is 0 Å². The monoisotopic (exact) mass is 965 g/mol. The smallest absolute Gasteiger partial charge is 0.306 e. The highest BCUT2D eigenvalue weighted by molar-refractivity contribution is 7.45. The summed E-state index contributed by atoms with van der Waals surface area (Å²) < 4.78 is 30.1. The lowest BCUT2D eigenvalue weighted by Gasteiger charge is -2.30. The van der Waals surface area contributed by atoms with Gasteiger partial charge in [0.2, 0.25) is 5.91 Å². The van der Waals surface area contributed by atoms with E-state index in [0.717, 1.165) is 83.5 Å². The molecule has 0 aromatic carbocycles. The summed E-state index contributed by atoms with van der Waals surface area (Å²) in [5.74, 6) is -0.630. The first-order valence-corrected chi connectivity index (χ1v) is 27.9. The molecule has 1 amide bonds. The van der Waals surface area contributed by atoms with Gasteiger partial charge in [0.25, 0.3) is 7.82 Å². The Morgan fingerprint density at radius 2 is 0.941 bits per heavy atom. The van der Waals surface area contributed by atoms with E-state index < -0.39 is 32.5 Å². The average molecular weight is 965 g/mol. The molecule has 0 aliphatic rings. The first kappa shape index (κ1) is 64.4. The number of allylic oxidation sites excluding steroid dienone is 19. The zero-order valence-electron chi connectivity index (χ0n) is 43.8. The number of esters is 1. The number of rotatable bonds is 45. The second kappa shape index (κ2) is 47.1. The number of nitrogens with zero attached hydrogens (tertiary/aromatic N) is 1. The standard InChI is InChI=1S/C58H97N2O7P/c1-7-10-13-16-19-22-25-28-29-30-31-33-36-39-42-45-48-51-58(62)67-56(49-46-43-40-37-34-27-24-21-18-15-12-9-3)55(54-66-68(63,64)65-53-52-60(4,5)6)59-57(61)50-47-44-41-38-35-32-26-23-20-17-14-11-8-2/h10-11,13-14,16-17,19-20,22-23,25-26,28-31,33,36,46,49,55-56H,7-9,12,15,18,21,24,27,32,34-35,37-45,47-48,50-54H2,1-6H3,(H-,59,61,63,64)/b13-10-,14-11+,19-16+,20-17+,25-22+,26-23-,29-28-,31-30+,36-33+,49-46+. The van der Waals surface area contributed by atoms with Crippen LogP contribution in [0.2, 0.25) is 0 Å². The van der Waals surface area contributed by atoms with E-state index in [2.05, 4.69) is 62.5 Å². The van der Waals surface area contributed by atoms with E-state index in [1.807, 2.05) is 100 Å². The SMILES string of the molecule is CC\C=C/C=C/C=C/C=C\C=C\C=C\CCCCCC(=O)OC(/C=C/CCCCCCCCCCCC)C(COP(=O)([O-])OCC[N+](C)(C)C)NC(=O)CCCCCCC\C=C/C=C/C=C/CC. The number of amides is 1. The third-order valence-electron chi connectivity index (χ3n) is 10.9. The summed E-state index contributed by atoms with van der Waals surface area (Å²) in [5, 5.41) is 2.98. The Hall–Kier alpha value is -3.59. The summed E-state index contributed by atoms with van der Waals surface area (Å²) >= 11 is 0. The predicted molar refractivity (Wildman–Crippen MR) is 288 cm³/mol. The molecule has 0 saturated carbocycles. The molecular formula is C58H97N2O7P. The fourth-order valence-electron chi connectivity index (χ4n) is 6.79. The second-order valence-electron chi connectivity index (χ2n) is 18.5. The van der Waals surface area contributed by atoms with Gasteiger partial charge in [-0.1, -0.05) is 220 Å². The van der Waals surface area contributed by atoms with Gasteiger partial charge < -0.3 is 28.5 Å². The van der Waals surface area contributed by atoms with Gasteiger partial charge in [-0.2, -0.15) is 0 Å². The second-order valence-corrected chi connectivity index (χ2v) is 19.9. The zero-order chi connectivity index (χ0) is 50.1. The molecule has 0 fully saturated rings. The van der Waals surface area contributed by atoms with Crippen molar-refractivity contribution in [1.82, 2.24) is 5.32 Å². The Morgan fingerprint density at radius 3 is 1.43 bits per heavy atom. The van der Waals surface area contributed by atoms with E-state index in [0.29, 0.717) is 23.9 Å². The van der Waals surface area contributed by atoms with Crippen LogP contribution in [0.4, 0.5) is 0 Å². The van der Waals surface area contributed by atoms with Crippen LogP contribution in [0.15, 0.2) is 122 Å². The Kier molecular flexibility index (Phi) is 44.6. The molecule has 0 aromatic rings. The average Bonchev–Trinajstić information content (AvgIpc) is 3.29. The highest BCUT2D eigenvalue weighted by Gasteiger charge is 2.27. The normalized spacial score (nSPS) is 14.9. The van der Waals surface area contributed by atoms with Crippen molar-refractivity contribution in [2.75, 3.05) is 40.9 Å². The van der Waals surface area contributed by atoms with Crippen molar-refractivity contribution in [3.63, 3.8) is 0 Å². The van der Waals surface area contributed by atoms with Gasteiger partial charge in [0.1, 0.15) is 19.3 Å². The number of phosphoric ester groups is 1. The number of unbranched alkanes of at least 4 members (excludes halogenated alkanes) is 18. The van der Waals surface area contributed by atoms with Gasteiger partial charge in [-0.3, -0.25) is 14.2 Å². The molecule has 386 valence electrons. The van der Waals surface area contributed by atoms with Gasteiger partial charge >= 0.3 is 5.97 Å². The number of likely N-dealkylation sites (N-methyl/N-ethyl adjacent to an activating group) is 1. The maximum atomic E-state index is 13.4. The van der Waals surface area contributed by atoms with Gasteiger partial charge in [-0.05, 0) is 70.3 Å². The summed E-state index contributed by atoms with van der Waals surface area (Å²) in [7, 11) is 1.12. The van der Waals surface area contributed by atoms with Crippen LogP contribution in [-0.4, -0.2) is 69.4 Å². The molecule has 0 rings (SSSR count). The predicted octanol–water partition coefficient (Wildman–Crippen LogP) is 15.0. The van der Waals surface area contributed by atoms with E-state index in [4.69, 9.17) is 13.8 Å². The fourth-order valence-corrected chi connectivity index (χ4v) is 7.51. The van der Waals surface area contributed by atoms with Crippen molar-refractivity contribution >= 4 is 19.7 Å². The van der Waals surface area contributed by atoms with E-state index in [1.165, 1.54) is 51.4 Å². The van der Waals surface area contributed by atoms with Crippen LogP contribution >= 0.6 is 7.82 Å². The summed E-state index contributed by atoms with van der Waals surface area (Å²) in [6.45, 7) is 6.47. The fraction of sp³-hybridized carbons (Fsp3) is 0.621. The third kappa shape index (κ3) is 47.5. The Morgan fingerprint density at radius 1 is 0.529 bits per heavy atom. The van der Waals surface area contributed by atoms with Gasteiger partial charge in [0, 0.05) is 12.8 Å². The van der Waals surface area contributed by atoms with Crippen molar-refractivity contribution < 1.29 is 37.3 Å². The molecule has 3 unspecified atom stereocenters. The van der Waals surface area contributed by atoms with Crippen molar-refractivity contribution in [2.45, 2.75) is 193 Å². The number of carbonyl (C=O) groups excluding carboxylic acids is 2. The number of phosphoric acid groups is 1. The van der Waals surface area contributed by atoms with Crippen LogP contribution < -0.4 is 10.2 Å². The highest BCUT2D eigenvalue weighted by atomic mass is 31.2. The van der Waals surface area contributed by atoms with Crippen LogP contribution in [0, 0.1) is 0 Å². The molecule has 68 heavy (non-hydrogen) atoms. The van der Waals surface area contributed by atoms with E-state index in [9.17, 15) is 19.0 Å². The number of carbonyl (C=O) groups is 2. The molecule has 0 heterocycles. The summed E-state index contributed by atoms with van der Waals surface area (Å²) in [4.78, 5) is 39.7. The molecule has 1 N–H and O–H groups in total. The van der Waals surface area contributed by atoms with E-state index >= 15 is 0 Å². The number of quaternary nitrogens is 1. The number of hydrogen-bond donors (Lipinski definition) is 1. The van der Waals surface area contributed by atoms with E-state index in [-0.39, 0.29) is 25.4 Å². The van der Waals surface area contributed by atoms with Gasteiger partial charge in [-0.25, -0.2) is 0 Å². The van der Waals surface area contributed by atoms with Gasteiger partial charge in [-0.15, -0.1) is 0 Å². The summed E-state index contributed by atoms with van der Waals surface area (Å²) in [6, 6.07) is -0.924. The van der Waals surface area contributed by atoms with Crippen LogP contribution in [-0.2, 0) is 27.9 Å². The third-order valence-corrected chi connectivity index (χ3v) is 11.8. The first-order valence-electron chi connectivity index (χ1n) is 26.5. The molecule has 0 aliphatic carbocycles. The quantitative estimate of drug-likeness (QED) is 0.0161. The molecule has 0 aliphatic heterocycles. The molecule has 9 nitrogen and oxygen atoms in total. The molecule has 3 atom stereocenters. The lowest BCUT2D eigenvalue weighted by Crippen LogP contribution is -2.47. The highest BCUT2D eigenvalue weighted by Crippen LogP contribution is 2.38. The Balaban J connectivity index is 5.56. The maximum absolute atomic E-state index is 13.4. The molecule has 10 heteroatoms. The van der Waals surface area contributed by atoms with Gasteiger partial charge in [0.15, 0.2) is 0 Å². The molecule has 0 bridgehead atoms. The Labute approximate surface area is 416 Å². The van der Waals surface area contributed by atoms with Crippen LogP contribution in [0.5, 0.6) is 0 Å². The number of nitrogens with one attached hydrogen (secondary N) is 1. The zero-order valence-corrected chi connectivity index (χ0v) is 44.6. The topological polar surface area (TPSA) is 114 Å². The molecule has 0 radical (unpaired) electrons. The number of ether oxygens (including phenoxy) is 1. The van der Waals surface area contributed by atoms with Crippen molar-refractivity contribution in [1.29, 1.82) is 0 Å². The minimum absolute atomic E-state index is 0.0416. The molecular weight excluding hydrogens is 868 g/mol. The van der Waals surface area contributed by atoms with Crippen LogP contribution in [0.1, 0.15) is 181 Å². The van der Waals surface area contributed by atoms with Crippen molar-refractivity contribution in [2.24, 2.45) is 0 Å². The number of hydrogen-bond acceptors (Lipinski definition) is 7. The Bertz CT molecular complexity index is 1580. The first-order chi connectivity index (χ1) is 32.9. The van der Waals surface area contributed by atoms with Crippen molar-refractivity contribution in [3.05, 3.63) is 122 Å². The molecule has 0 aromatic heterocycles. The largest absolute Gasteiger partial charge is 0.756 e. The lowest BCUT2D eigenvalue weighted by atomic mass is 10.0. The van der Waals surface area contributed by atoms with E-state index in [1.54, 1.807) is 6.08 Å². The molecule has 0 saturated heterocycles. The minimum atomic E-state index is -4.71. The molecule has 0 spiro atoms. The van der Waals surface area contributed by atoms with Crippen LogP contribution in [0.3, 0.4) is 0 Å². The maximum Gasteiger partial charge on any atom is 0.306 e. The van der Waals surface area contributed by atoms with Crippen molar-refractivity contribution in [3.8, 4) is 0 Å². The van der Waals surface area contributed by atoms with Gasteiger partial charge in [0.05, 0.1) is 33.8 Å².